The number of benzene rings is 1. The lowest BCUT2D eigenvalue weighted by atomic mass is 10.2. The van der Waals surface area contributed by atoms with Crippen molar-refractivity contribution in [3.8, 4) is 5.69 Å². The van der Waals surface area contributed by atoms with Crippen LogP contribution in [0.1, 0.15) is 16.1 Å². The smallest absolute Gasteiger partial charge is 0.355 e. The van der Waals surface area contributed by atoms with E-state index in [-0.39, 0.29) is 12.6 Å². The lowest BCUT2D eigenvalue weighted by Gasteiger charge is -2.05. The lowest BCUT2D eigenvalue weighted by molar-refractivity contribution is 0.0467. The monoisotopic (exact) mass is 323 g/mol. The number of hydrogen-bond acceptors (Lipinski definition) is 4. The fraction of sp³-hybridized carbons (Fsp3) is 0.0588. The molecule has 0 aliphatic carbocycles. The molecule has 3 aromatic heterocycles. The summed E-state index contributed by atoms with van der Waals surface area (Å²) in [6.07, 6.45) is 3.61. The number of carbonyl (C=O) groups is 1. The first-order valence-electron chi connectivity index (χ1n) is 7.12. The highest BCUT2D eigenvalue weighted by molar-refractivity contribution is 7.17. The van der Waals surface area contributed by atoms with Gasteiger partial charge >= 0.3 is 5.97 Å². The Kier molecular flexibility index (Phi) is 3.44. The molecule has 0 atom stereocenters. The van der Waals surface area contributed by atoms with E-state index < -0.39 is 0 Å². The predicted octanol–water partition coefficient (Wildman–Crippen LogP) is 3.77. The second-order valence-corrected chi connectivity index (χ2v) is 6.02. The molecule has 0 aliphatic rings. The van der Waals surface area contributed by atoms with Gasteiger partial charge in [-0.05, 0) is 41.3 Å². The number of hydrogen-bond donors (Lipinski definition) is 1. The molecule has 0 saturated heterocycles. The Hall–Kier alpha value is -2.86. The van der Waals surface area contributed by atoms with Crippen LogP contribution in [0.4, 0.5) is 0 Å². The molecule has 114 valence electrons. The number of carbonyl (C=O) groups excluding carboxylic acids is 1. The van der Waals surface area contributed by atoms with Crippen LogP contribution in [0.25, 0.3) is 15.9 Å². The fourth-order valence-electron chi connectivity index (χ4n) is 2.35. The maximum atomic E-state index is 12.1. The first-order chi connectivity index (χ1) is 11.3. The van der Waals surface area contributed by atoms with Crippen molar-refractivity contribution in [2.45, 2.75) is 6.61 Å². The molecule has 0 radical (unpaired) electrons. The molecule has 0 saturated carbocycles. The van der Waals surface area contributed by atoms with E-state index in [0.29, 0.717) is 5.69 Å². The third-order valence-corrected chi connectivity index (χ3v) is 4.40. The molecular formula is C17H13N3O2S. The number of nitrogens with zero attached hydrogens (tertiary/aromatic N) is 2. The van der Waals surface area contributed by atoms with Crippen LogP contribution in [0.15, 0.2) is 60.2 Å². The molecule has 0 amide bonds. The molecule has 0 unspecified atom stereocenters. The Morgan fingerprint density at radius 3 is 2.87 bits per heavy atom. The Morgan fingerprint density at radius 2 is 2.13 bits per heavy atom. The molecule has 1 N–H and O–H groups in total. The molecule has 3 heterocycles. The van der Waals surface area contributed by atoms with Gasteiger partial charge in [-0.2, -0.15) is 5.10 Å². The molecule has 6 heteroatoms. The normalized spacial score (nSPS) is 11.0. The highest BCUT2D eigenvalue weighted by Gasteiger charge is 2.11. The van der Waals surface area contributed by atoms with Gasteiger partial charge < -0.3 is 9.72 Å². The summed E-state index contributed by atoms with van der Waals surface area (Å²) in [7, 11) is 0. The molecular weight excluding hydrogens is 310 g/mol. The summed E-state index contributed by atoms with van der Waals surface area (Å²) in [5, 5.41) is 6.16. The van der Waals surface area contributed by atoms with E-state index >= 15 is 0 Å². The quantitative estimate of drug-likeness (QED) is 0.582. The fourth-order valence-corrected chi connectivity index (χ4v) is 3.13. The SMILES string of the molecule is O=C(OCc1ccc(-n2cccn2)cc1)c1cc2sccc2[nH]1. The Bertz CT molecular complexity index is 907. The third kappa shape index (κ3) is 2.76. The van der Waals surface area contributed by atoms with Crippen LogP contribution >= 0.6 is 11.3 Å². The molecule has 0 fully saturated rings. The van der Waals surface area contributed by atoms with Crippen LogP contribution in [-0.4, -0.2) is 20.7 Å². The molecule has 4 rings (SSSR count). The van der Waals surface area contributed by atoms with Gasteiger partial charge in [0.2, 0.25) is 0 Å². The molecule has 0 bridgehead atoms. The number of thiophene rings is 1. The van der Waals surface area contributed by atoms with Crippen LogP contribution in [0, 0.1) is 0 Å². The standard InChI is InChI=1S/C17H13N3O2S/c21-17(15-10-16-14(19-15)6-9-23-16)22-11-12-2-4-13(5-3-12)20-8-1-7-18-20/h1-10,19H,11H2. The van der Waals surface area contributed by atoms with E-state index in [1.54, 1.807) is 22.2 Å². The van der Waals surface area contributed by atoms with Gasteiger partial charge in [0, 0.05) is 12.4 Å². The summed E-state index contributed by atoms with van der Waals surface area (Å²) in [4.78, 5) is 15.1. The van der Waals surface area contributed by atoms with Gasteiger partial charge in [-0.3, -0.25) is 0 Å². The zero-order chi connectivity index (χ0) is 15.6. The van der Waals surface area contributed by atoms with E-state index in [4.69, 9.17) is 4.74 Å². The Balaban J connectivity index is 1.42. The summed E-state index contributed by atoms with van der Waals surface area (Å²) in [6, 6.07) is 13.4. The van der Waals surface area contributed by atoms with Gasteiger partial charge in [0.1, 0.15) is 12.3 Å². The van der Waals surface area contributed by atoms with E-state index in [9.17, 15) is 4.79 Å². The topological polar surface area (TPSA) is 59.9 Å². The molecule has 4 aromatic rings. The summed E-state index contributed by atoms with van der Waals surface area (Å²) >= 11 is 1.59. The van der Waals surface area contributed by atoms with Crippen molar-refractivity contribution in [3.63, 3.8) is 0 Å². The number of nitrogens with one attached hydrogen (secondary N) is 1. The number of H-pyrrole nitrogens is 1. The minimum Gasteiger partial charge on any atom is -0.456 e. The van der Waals surface area contributed by atoms with Crippen molar-refractivity contribution in [3.05, 3.63) is 71.5 Å². The van der Waals surface area contributed by atoms with Gasteiger partial charge in [0.25, 0.3) is 0 Å². The lowest BCUT2D eigenvalue weighted by Crippen LogP contribution is -2.05. The summed E-state index contributed by atoms with van der Waals surface area (Å²) in [5.41, 5.74) is 3.35. The van der Waals surface area contributed by atoms with E-state index in [2.05, 4.69) is 10.1 Å². The molecule has 0 spiro atoms. The first-order valence-corrected chi connectivity index (χ1v) is 8.00. The second kappa shape index (κ2) is 5.73. The zero-order valence-electron chi connectivity index (χ0n) is 12.1. The van der Waals surface area contributed by atoms with Crippen LogP contribution in [0.3, 0.4) is 0 Å². The largest absolute Gasteiger partial charge is 0.456 e. The second-order valence-electron chi connectivity index (χ2n) is 5.07. The number of esters is 1. The molecule has 5 nitrogen and oxygen atoms in total. The van der Waals surface area contributed by atoms with E-state index in [1.807, 2.05) is 54.0 Å². The van der Waals surface area contributed by atoms with Crippen molar-refractivity contribution in [2.75, 3.05) is 0 Å². The van der Waals surface area contributed by atoms with Crippen molar-refractivity contribution in [1.29, 1.82) is 0 Å². The first kappa shape index (κ1) is 13.8. The zero-order valence-corrected chi connectivity index (χ0v) is 12.9. The van der Waals surface area contributed by atoms with Gasteiger partial charge in [-0.1, -0.05) is 12.1 Å². The Morgan fingerprint density at radius 1 is 1.26 bits per heavy atom. The van der Waals surface area contributed by atoms with Crippen molar-refractivity contribution >= 4 is 27.5 Å². The van der Waals surface area contributed by atoms with Crippen LogP contribution in [0.2, 0.25) is 0 Å². The van der Waals surface area contributed by atoms with E-state index in [1.165, 1.54) is 0 Å². The van der Waals surface area contributed by atoms with Crippen molar-refractivity contribution in [2.24, 2.45) is 0 Å². The molecule has 1 aromatic carbocycles. The number of aromatic nitrogens is 3. The average Bonchev–Trinajstić information content (AvgIpc) is 3.29. The molecule has 0 aliphatic heterocycles. The van der Waals surface area contributed by atoms with E-state index in [0.717, 1.165) is 21.5 Å². The number of ether oxygens (including phenoxy) is 1. The number of aromatic amines is 1. The molecule has 23 heavy (non-hydrogen) atoms. The minimum absolute atomic E-state index is 0.241. The number of rotatable bonds is 4. The number of fused-ring (bicyclic) bond motifs is 1. The van der Waals surface area contributed by atoms with Crippen LogP contribution in [0.5, 0.6) is 0 Å². The highest BCUT2D eigenvalue weighted by atomic mass is 32.1. The maximum Gasteiger partial charge on any atom is 0.355 e. The summed E-state index contributed by atoms with van der Waals surface area (Å²) in [6.45, 7) is 0.241. The minimum atomic E-state index is -0.343. The van der Waals surface area contributed by atoms with Gasteiger partial charge in [-0.15, -0.1) is 11.3 Å². The Labute approximate surface area is 136 Å². The van der Waals surface area contributed by atoms with Gasteiger partial charge in [-0.25, -0.2) is 9.48 Å². The average molecular weight is 323 g/mol. The van der Waals surface area contributed by atoms with Gasteiger partial charge in [0.15, 0.2) is 0 Å². The highest BCUT2D eigenvalue weighted by Crippen LogP contribution is 2.21. The van der Waals surface area contributed by atoms with Crippen molar-refractivity contribution in [1.82, 2.24) is 14.8 Å². The maximum absolute atomic E-state index is 12.1. The van der Waals surface area contributed by atoms with Gasteiger partial charge in [0.05, 0.1) is 15.9 Å². The third-order valence-electron chi connectivity index (χ3n) is 3.54. The van der Waals surface area contributed by atoms with Crippen molar-refractivity contribution < 1.29 is 9.53 Å². The summed E-state index contributed by atoms with van der Waals surface area (Å²) in [5.74, 6) is -0.343. The predicted molar refractivity (Wildman–Crippen MR) is 88.9 cm³/mol. The summed E-state index contributed by atoms with van der Waals surface area (Å²) < 4.78 is 8.19. The van der Waals surface area contributed by atoms with Crippen LogP contribution < -0.4 is 0 Å². The van der Waals surface area contributed by atoms with Crippen LogP contribution in [-0.2, 0) is 11.3 Å².